The highest BCUT2D eigenvalue weighted by Gasteiger charge is 2.03. The SMILES string of the molecule is CCCCCC[C@@H](O)C/C=C\CCCCCCCC(=O)SCc1ccccc1. The van der Waals surface area contributed by atoms with Crippen molar-refractivity contribution in [3.63, 3.8) is 0 Å². The molecule has 2 nitrogen and oxygen atoms in total. The third-order valence-electron chi connectivity index (χ3n) is 4.96. The van der Waals surface area contributed by atoms with E-state index in [1.165, 1.54) is 55.9 Å². The van der Waals surface area contributed by atoms with E-state index in [1.807, 2.05) is 18.2 Å². The van der Waals surface area contributed by atoms with Crippen molar-refractivity contribution in [2.75, 3.05) is 0 Å². The molecule has 0 spiro atoms. The van der Waals surface area contributed by atoms with Gasteiger partial charge in [0.05, 0.1) is 6.10 Å². The minimum Gasteiger partial charge on any atom is -0.393 e. The van der Waals surface area contributed by atoms with Crippen LogP contribution in [0.2, 0.25) is 0 Å². The molecule has 0 aliphatic heterocycles. The van der Waals surface area contributed by atoms with Crippen LogP contribution in [0.4, 0.5) is 0 Å². The molecule has 0 heterocycles. The molecule has 1 rings (SSSR count). The highest BCUT2D eigenvalue weighted by atomic mass is 32.2. The highest BCUT2D eigenvalue weighted by molar-refractivity contribution is 8.12. The van der Waals surface area contributed by atoms with Gasteiger partial charge in [0.15, 0.2) is 5.12 Å². The Hall–Kier alpha value is -1.06. The zero-order valence-electron chi connectivity index (χ0n) is 17.8. The summed E-state index contributed by atoms with van der Waals surface area (Å²) >= 11 is 1.45. The van der Waals surface area contributed by atoms with Crippen LogP contribution in [-0.2, 0) is 10.5 Å². The zero-order chi connectivity index (χ0) is 20.3. The Morgan fingerprint density at radius 1 is 0.964 bits per heavy atom. The van der Waals surface area contributed by atoms with Crippen LogP contribution in [0.3, 0.4) is 0 Å². The highest BCUT2D eigenvalue weighted by Crippen LogP contribution is 2.17. The van der Waals surface area contributed by atoms with Gasteiger partial charge in [-0.05, 0) is 37.7 Å². The van der Waals surface area contributed by atoms with Gasteiger partial charge in [0, 0.05) is 12.2 Å². The molecule has 1 N–H and O–H groups in total. The number of unbranched alkanes of at least 4 members (excludes halogenated alkanes) is 8. The second-order valence-electron chi connectivity index (χ2n) is 7.66. The number of allylic oxidation sites excluding steroid dienone is 1. The molecule has 1 aromatic carbocycles. The van der Waals surface area contributed by atoms with E-state index in [-0.39, 0.29) is 6.10 Å². The quantitative estimate of drug-likeness (QED) is 0.216. The summed E-state index contributed by atoms with van der Waals surface area (Å²) in [5, 5.41) is 10.2. The van der Waals surface area contributed by atoms with Crippen LogP contribution in [0.25, 0.3) is 0 Å². The van der Waals surface area contributed by atoms with E-state index < -0.39 is 0 Å². The number of aliphatic hydroxyl groups is 1. The maximum atomic E-state index is 11.9. The van der Waals surface area contributed by atoms with E-state index in [1.54, 1.807) is 0 Å². The van der Waals surface area contributed by atoms with E-state index in [9.17, 15) is 9.90 Å². The standard InChI is InChI=1S/C25H40O2S/c1-2-3-4-14-19-24(26)20-15-9-7-5-6-8-10-16-21-25(27)28-22-23-17-12-11-13-18-23/h9,11-13,15,17-18,24,26H,2-8,10,14,16,19-22H2,1H3/b15-9-/t24-/m1/s1. The predicted molar refractivity (Wildman–Crippen MR) is 124 cm³/mol. The first kappa shape index (κ1) is 25.0. The Morgan fingerprint density at radius 2 is 1.68 bits per heavy atom. The number of carbonyl (C=O) groups is 1. The molecule has 0 saturated carbocycles. The molecule has 0 saturated heterocycles. The third-order valence-corrected chi connectivity index (χ3v) is 5.96. The fraction of sp³-hybridized carbons (Fsp3) is 0.640. The third kappa shape index (κ3) is 14.9. The molecule has 0 unspecified atom stereocenters. The summed E-state index contributed by atoms with van der Waals surface area (Å²) in [5.74, 6) is 0.791. The Bertz CT molecular complexity index is 513. The molecule has 0 fully saturated rings. The zero-order valence-corrected chi connectivity index (χ0v) is 18.6. The van der Waals surface area contributed by atoms with Crippen molar-refractivity contribution in [3.8, 4) is 0 Å². The molecule has 0 aliphatic rings. The second-order valence-corrected chi connectivity index (χ2v) is 8.70. The van der Waals surface area contributed by atoms with Crippen molar-refractivity contribution in [2.45, 2.75) is 102 Å². The number of thioether (sulfide) groups is 1. The predicted octanol–water partition coefficient (Wildman–Crippen LogP) is 7.45. The van der Waals surface area contributed by atoms with Crippen LogP contribution in [0.5, 0.6) is 0 Å². The molecule has 0 bridgehead atoms. The molecule has 1 atom stereocenters. The first-order valence-corrected chi connectivity index (χ1v) is 12.2. The lowest BCUT2D eigenvalue weighted by Gasteiger charge is -2.07. The normalized spacial score (nSPS) is 12.5. The summed E-state index contributed by atoms with van der Waals surface area (Å²) in [6.45, 7) is 2.21. The van der Waals surface area contributed by atoms with E-state index in [2.05, 4.69) is 31.2 Å². The molecular formula is C25H40O2S. The second kappa shape index (κ2) is 18.0. The lowest BCUT2D eigenvalue weighted by Crippen LogP contribution is -2.04. The minimum atomic E-state index is -0.162. The van der Waals surface area contributed by atoms with Gasteiger partial charge in [0.2, 0.25) is 0 Å². The van der Waals surface area contributed by atoms with Gasteiger partial charge in [0.1, 0.15) is 0 Å². The van der Waals surface area contributed by atoms with E-state index in [4.69, 9.17) is 0 Å². The number of hydrogen-bond donors (Lipinski definition) is 1. The van der Waals surface area contributed by atoms with Crippen LogP contribution in [0, 0.1) is 0 Å². The molecule has 0 aliphatic carbocycles. The molecule has 158 valence electrons. The van der Waals surface area contributed by atoms with Gasteiger partial charge >= 0.3 is 0 Å². The number of rotatable bonds is 17. The van der Waals surface area contributed by atoms with Gasteiger partial charge in [-0.3, -0.25) is 4.79 Å². The summed E-state index contributed by atoms with van der Waals surface area (Å²) in [4.78, 5) is 11.9. The molecule has 3 heteroatoms. The number of benzene rings is 1. The largest absolute Gasteiger partial charge is 0.393 e. The van der Waals surface area contributed by atoms with Gasteiger partial charge in [-0.1, -0.05) is 106 Å². The Morgan fingerprint density at radius 3 is 2.46 bits per heavy atom. The Balaban J connectivity index is 1.87. The molecular weight excluding hydrogens is 364 g/mol. The van der Waals surface area contributed by atoms with Crippen LogP contribution < -0.4 is 0 Å². The average molecular weight is 405 g/mol. The molecule has 0 aromatic heterocycles. The monoisotopic (exact) mass is 404 g/mol. The number of carbonyl (C=O) groups excluding carboxylic acids is 1. The summed E-state index contributed by atoms with van der Waals surface area (Å²) < 4.78 is 0. The maximum Gasteiger partial charge on any atom is 0.189 e. The van der Waals surface area contributed by atoms with E-state index in [0.29, 0.717) is 11.5 Å². The van der Waals surface area contributed by atoms with Crippen molar-refractivity contribution in [1.82, 2.24) is 0 Å². The first-order valence-electron chi connectivity index (χ1n) is 11.2. The summed E-state index contributed by atoms with van der Waals surface area (Å²) in [6, 6.07) is 10.2. The topological polar surface area (TPSA) is 37.3 Å². The van der Waals surface area contributed by atoms with Gasteiger partial charge in [-0.2, -0.15) is 0 Å². The average Bonchev–Trinajstić information content (AvgIpc) is 2.72. The van der Waals surface area contributed by atoms with Crippen LogP contribution in [0.15, 0.2) is 42.5 Å². The molecule has 0 radical (unpaired) electrons. The fourth-order valence-electron chi connectivity index (χ4n) is 3.17. The first-order chi connectivity index (χ1) is 13.7. The number of hydrogen-bond acceptors (Lipinski definition) is 3. The van der Waals surface area contributed by atoms with Gasteiger partial charge in [0.25, 0.3) is 0 Å². The van der Waals surface area contributed by atoms with Crippen LogP contribution >= 0.6 is 11.8 Å². The van der Waals surface area contributed by atoms with Crippen LogP contribution in [-0.4, -0.2) is 16.3 Å². The van der Waals surface area contributed by atoms with E-state index >= 15 is 0 Å². The van der Waals surface area contributed by atoms with Crippen LogP contribution in [0.1, 0.15) is 96.0 Å². The summed E-state index contributed by atoms with van der Waals surface area (Å²) in [7, 11) is 0. The smallest absolute Gasteiger partial charge is 0.189 e. The Labute approximate surface area is 177 Å². The lowest BCUT2D eigenvalue weighted by molar-refractivity contribution is -0.111. The van der Waals surface area contributed by atoms with Crippen molar-refractivity contribution in [3.05, 3.63) is 48.0 Å². The molecule has 1 aromatic rings. The van der Waals surface area contributed by atoms with Crippen molar-refractivity contribution < 1.29 is 9.90 Å². The van der Waals surface area contributed by atoms with Gasteiger partial charge in [-0.25, -0.2) is 0 Å². The molecule has 28 heavy (non-hydrogen) atoms. The van der Waals surface area contributed by atoms with Gasteiger partial charge in [-0.15, -0.1) is 0 Å². The van der Waals surface area contributed by atoms with Gasteiger partial charge < -0.3 is 5.11 Å². The van der Waals surface area contributed by atoms with Crippen molar-refractivity contribution in [1.29, 1.82) is 0 Å². The van der Waals surface area contributed by atoms with Crippen molar-refractivity contribution >= 4 is 16.9 Å². The lowest BCUT2D eigenvalue weighted by atomic mass is 10.1. The number of aliphatic hydroxyl groups excluding tert-OH is 1. The Kier molecular flexibility index (Phi) is 16.1. The molecule has 0 amide bonds. The summed E-state index contributed by atoms with van der Waals surface area (Å²) in [5.41, 5.74) is 1.22. The maximum absolute atomic E-state index is 11.9. The van der Waals surface area contributed by atoms with E-state index in [0.717, 1.165) is 44.3 Å². The minimum absolute atomic E-state index is 0.162. The van der Waals surface area contributed by atoms with Crippen molar-refractivity contribution in [2.24, 2.45) is 0 Å². The fourth-order valence-corrected chi connectivity index (χ4v) is 3.98. The summed E-state index contributed by atoms with van der Waals surface area (Å²) in [6.07, 6.45) is 18.5.